The molecule has 0 spiro atoms. The Kier molecular flexibility index (Phi) is 5.74. The number of aryl methyl sites for hydroxylation is 1. The Morgan fingerprint density at radius 3 is 2.39 bits per heavy atom. The first-order valence-electron chi connectivity index (χ1n) is 12.0. The van der Waals surface area contributed by atoms with Crippen LogP contribution in [0, 0.1) is 0 Å². The molecule has 1 atom stereocenters. The van der Waals surface area contributed by atoms with E-state index in [4.69, 9.17) is 4.98 Å². The zero-order chi connectivity index (χ0) is 24.5. The van der Waals surface area contributed by atoms with Crippen LogP contribution in [-0.2, 0) is 11.8 Å². The van der Waals surface area contributed by atoms with Crippen molar-refractivity contribution in [2.24, 2.45) is 7.05 Å². The van der Waals surface area contributed by atoms with Crippen LogP contribution in [0.1, 0.15) is 11.6 Å². The zero-order valence-corrected chi connectivity index (χ0v) is 20.0. The molecule has 0 aliphatic carbocycles. The molecule has 0 amide bonds. The summed E-state index contributed by atoms with van der Waals surface area (Å²) in [7, 11) is 1.90. The lowest BCUT2D eigenvalue weighted by Crippen LogP contribution is -2.48. The summed E-state index contributed by atoms with van der Waals surface area (Å²) in [5.74, 6) is 0.932. The third-order valence-electron chi connectivity index (χ3n) is 6.77. The minimum Gasteiger partial charge on any atom is -0.354 e. The number of aldehydes is 1. The average molecular weight is 479 g/mol. The molecular formula is C27H26N8O. The Labute approximate surface area is 208 Å². The molecule has 0 N–H and O–H groups in total. The number of rotatable bonds is 6. The predicted molar refractivity (Wildman–Crippen MR) is 137 cm³/mol. The maximum Gasteiger partial charge on any atom is 0.163 e. The summed E-state index contributed by atoms with van der Waals surface area (Å²) in [4.78, 5) is 25.6. The minimum absolute atomic E-state index is 0.207. The number of anilines is 1. The van der Waals surface area contributed by atoms with E-state index >= 15 is 0 Å². The van der Waals surface area contributed by atoms with Gasteiger partial charge in [-0.05, 0) is 23.8 Å². The fourth-order valence-electron chi connectivity index (χ4n) is 4.85. The van der Waals surface area contributed by atoms with E-state index in [1.807, 2.05) is 62.2 Å². The van der Waals surface area contributed by atoms with Crippen molar-refractivity contribution in [1.29, 1.82) is 0 Å². The van der Waals surface area contributed by atoms with Crippen LogP contribution in [0.2, 0.25) is 0 Å². The van der Waals surface area contributed by atoms with Gasteiger partial charge in [0.2, 0.25) is 0 Å². The Hall–Kier alpha value is -4.37. The van der Waals surface area contributed by atoms with Crippen LogP contribution in [-0.4, -0.2) is 66.7 Å². The highest BCUT2D eigenvalue weighted by Crippen LogP contribution is 2.30. The maximum atomic E-state index is 11.8. The van der Waals surface area contributed by atoms with Crippen LogP contribution in [0.4, 0.5) is 5.82 Å². The van der Waals surface area contributed by atoms with E-state index < -0.39 is 0 Å². The topological polar surface area (TPSA) is 84.5 Å². The van der Waals surface area contributed by atoms with Crippen molar-refractivity contribution in [2.75, 3.05) is 31.1 Å². The number of nitrogens with zero attached hydrogens (tertiary/aromatic N) is 8. The van der Waals surface area contributed by atoms with Gasteiger partial charge < -0.3 is 9.69 Å². The molecule has 9 nitrogen and oxygen atoms in total. The van der Waals surface area contributed by atoms with Crippen molar-refractivity contribution in [2.45, 2.75) is 6.04 Å². The number of fused-ring (bicyclic) bond motifs is 1. The van der Waals surface area contributed by atoms with Crippen LogP contribution in [0.15, 0.2) is 79.6 Å². The largest absolute Gasteiger partial charge is 0.354 e. The van der Waals surface area contributed by atoms with Gasteiger partial charge in [0.05, 0.1) is 12.2 Å². The molecule has 1 aromatic carbocycles. The molecule has 1 unspecified atom stereocenters. The SMILES string of the molecule is Cn1cc(-c2cc(-c3ccc(N4CCN(C(C=O)c5ccccc5)CC4)nc3)c3ncnn3c2)cn1. The number of carbonyl (C=O) groups excluding carboxylic acids is 1. The van der Waals surface area contributed by atoms with Crippen LogP contribution in [0.3, 0.4) is 0 Å². The lowest BCUT2D eigenvalue weighted by atomic mass is 10.0. The van der Waals surface area contributed by atoms with Gasteiger partial charge in [-0.25, -0.2) is 14.5 Å². The van der Waals surface area contributed by atoms with Gasteiger partial charge in [-0.1, -0.05) is 30.3 Å². The van der Waals surface area contributed by atoms with Gasteiger partial charge >= 0.3 is 0 Å². The second-order valence-corrected chi connectivity index (χ2v) is 8.99. The van der Waals surface area contributed by atoms with Crippen molar-refractivity contribution >= 4 is 17.8 Å². The van der Waals surface area contributed by atoms with E-state index in [1.54, 1.807) is 15.5 Å². The molecule has 5 heterocycles. The number of pyridine rings is 2. The van der Waals surface area contributed by atoms with E-state index in [0.29, 0.717) is 0 Å². The molecule has 4 aromatic heterocycles. The number of hydrogen-bond acceptors (Lipinski definition) is 7. The van der Waals surface area contributed by atoms with E-state index in [0.717, 1.165) is 71.7 Å². The first-order chi connectivity index (χ1) is 17.7. The molecule has 1 saturated heterocycles. The summed E-state index contributed by atoms with van der Waals surface area (Å²) in [6.07, 6.45) is 10.3. The first kappa shape index (κ1) is 22.1. The van der Waals surface area contributed by atoms with E-state index in [1.165, 1.54) is 0 Å². The highest BCUT2D eigenvalue weighted by Gasteiger charge is 2.25. The fourth-order valence-corrected chi connectivity index (χ4v) is 4.85. The van der Waals surface area contributed by atoms with Crippen LogP contribution < -0.4 is 4.90 Å². The number of aromatic nitrogens is 6. The van der Waals surface area contributed by atoms with Crippen molar-refractivity contribution in [3.63, 3.8) is 0 Å². The number of benzene rings is 1. The normalized spacial score (nSPS) is 15.3. The Bertz CT molecular complexity index is 1480. The van der Waals surface area contributed by atoms with Crippen LogP contribution in [0.25, 0.3) is 27.9 Å². The van der Waals surface area contributed by atoms with Crippen molar-refractivity contribution in [3.05, 3.63) is 85.2 Å². The van der Waals surface area contributed by atoms with E-state index in [9.17, 15) is 4.79 Å². The number of carbonyl (C=O) groups is 1. The first-order valence-corrected chi connectivity index (χ1v) is 12.0. The molecular weight excluding hydrogens is 452 g/mol. The number of hydrogen-bond donors (Lipinski definition) is 0. The highest BCUT2D eigenvalue weighted by molar-refractivity contribution is 5.81. The standard InChI is InChI=1S/C27H26N8O/c1-32-16-23(15-30-32)22-13-24(27-29-19-31-35(27)17-22)21-7-8-26(28-14-21)34-11-9-33(10-12-34)25(18-36)20-5-3-2-4-6-20/h2-8,13-19,25H,9-12H2,1H3. The van der Waals surface area contributed by atoms with E-state index in [-0.39, 0.29) is 6.04 Å². The van der Waals surface area contributed by atoms with Gasteiger partial charge in [0.25, 0.3) is 0 Å². The molecule has 1 aliphatic heterocycles. The molecule has 36 heavy (non-hydrogen) atoms. The van der Waals surface area contributed by atoms with Gasteiger partial charge in [-0.15, -0.1) is 0 Å². The molecule has 1 fully saturated rings. The highest BCUT2D eigenvalue weighted by atomic mass is 16.1. The minimum atomic E-state index is -0.207. The predicted octanol–water partition coefficient (Wildman–Crippen LogP) is 3.25. The summed E-state index contributed by atoms with van der Waals surface area (Å²) >= 11 is 0. The summed E-state index contributed by atoms with van der Waals surface area (Å²) in [5, 5.41) is 8.66. The Morgan fingerprint density at radius 1 is 0.861 bits per heavy atom. The van der Waals surface area contributed by atoms with Crippen LogP contribution in [0.5, 0.6) is 0 Å². The van der Waals surface area contributed by atoms with Crippen molar-refractivity contribution in [3.8, 4) is 22.3 Å². The van der Waals surface area contributed by atoms with Gasteiger partial charge in [-0.2, -0.15) is 10.2 Å². The lowest BCUT2D eigenvalue weighted by Gasteiger charge is -2.38. The summed E-state index contributed by atoms with van der Waals surface area (Å²) in [6.45, 7) is 3.23. The van der Waals surface area contributed by atoms with Gasteiger partial charge in [0, 0.05) is 74.1 Å². The van der Waals surface area contributed by atoms with Gasteiger partial charge in [0.1, 0.15) is 18.4 Å². The molecule has 0 radical (unpaired) electrons. The molecule has 9 heteroatoms. The van der Waals surface area contributed by atoms with E-state index in [2.05, 4.69) is 43.2 Å². The Balaban J connectivity index is 1.21. The summed E-state index contributed by atoms with van der Waals surface area (Å²) in [5.41, 5.74) is 5.80. The summed E-state index contributed by atoms with van der Waals surface area (Å²) in [6, 6.07) is 16.0. The summed E-state index contributed by atoms with van der Waals surface area (Å²) < 4.78 is 3.58. The maximum absolute atomic E-state index is 11.8. The molecule has 180 valence electrons. The second-order valence-electron chi connectivity index (χ2n) is 8.99. The quantitative estimate of drug-likeness (QED) is 0.346. The van der Waals surface area contributed by atoms with Gasteiger partial charge in [-0.3, -0.25) is 9.58 Å². The van der Waals surface area contributed by atoms with Crippen LogP contribution >= 0.6 is 0 Å². The van der Waals surface area contributed by atoms with Crippen molar-refractivity contribution < 1.29 is 4.79 Å². The monoisotopic (exact) mass is 478 g/mol. The Morgan fingerprint density at radius 2 is 1.69 bits per heavy atom. The smallest absolute Gasteiger partial charge is 0.163 e. The van der Waals surface area contributed by atoms with Crippen molar-refractivity contribution in [1.82, 2.24) is 34.3 Å². The third kappa shape index (κ3) is 4.14. The molecule has 0 saturated carbocycles. The number of piperazine rings is 1. The molecule has 6 rings (SSSR count). The third-order valence-corrected chi connectivity index (χ3v) is 6.77. The lowest BCUT2D eigenvalue weighted by molar-refractivity contribution is -0.112. The zero-order valence-electron chi connectivity index (χ0n) is 20.0. The fraction of sp³-hybridized carbons (Fsp3) is 0.222. The van der Waals surface area contributed by atoms with Gasteiger partial charge in [0.15, 0.2) is 5.65 Å². The molecule has 5 aromatic rings. The molecule has 0 bridgehead atoms. The molecule has 1 aliphatic rings. The second kappa shape index (κ2) is 9.35. The average Bonchev–Trinajstić information content (AvgIpc) is 3.59.